The zero-order valence-corrected chi connectivity index (χ0v) is 17.2. The van der Waals surface area contributed by atoms with Crippen molar-refractivity contribution in [2.45, 2.75) is 65.2 Å². The van der Waals surface area contributed by atoms with Gasteiger partial charge < -0.3 is 15.4 Å². The fourth-order valence-electron chi connectivity index (χ4n) is 4.72. The summed E-state index contributed by atoms with van der Waals surface area (Å²) in [4.78, 5) is 30.9. The molecule has 0 atom stereocenters. The van der Waals surface area contributed by atoms with Crippen LogP contribution in [0.3, 0.4) is 0 Å². The Labute approximate surface area is 167 Å². The van der Waals surface area contributed by atoms with Crippen LogP contribution in [0.1, 0.15) is 84.7 Å². The number of nitrogens with two attached hydrogens (primary N) is 1. The molecular weight excluding hydrogens is 354 g/mol. The number of ether oxygens (including phenoxy) is 1. The summed E-state index contributed by atoms with van der Waals surface area (Å²) in [6, 6.07) is 1.55. The van der Waals surface area contributed by atoms with Gasteiger partial charge in [0.15, 0.2) is 0 Å². The number of anilines is 1. The minimum Gasteiger partial charge on any atom is -0.462 e. The Morgan fingerprint density at radius 3 is 2.36 bits per heavy atom. The molecule has 0 bridgehead atoms. The quantitative estimate of drug-likeness (QED) is 0.749. The number of hydrogen-bond donors (Lipinski definition) is 1. The lowest BCUT2D eigenvalue weighted by Gasteiger charge is -2.36. The third-order valence-electron chi connectivity index (χ3n) is 6.26. The van der Waals surface area contributed by atoms with Crippen molar-refractivity contribution in [2.75, 3.05) is 24.6 Å². The molecule has 2 fully saturated rings. The van der Waals surface area contributed by atoms with Crippen molar-refractivity contribution in [3.8, 4) is 0 Å². The fourth-order valence-corrected chi connectivity index (χ4v) is 4.72. The molecule has 0 unspecified atom stereocenters. The second kappa shape index (κ2) is 9.39. The first-order chi connectivity index (χ1) is 13.5. The van der Waals surface area contributed by atoms with E-state index in [-0.39, 0.29) is 12.2 Å². The largest absolute Gasteiger partial charge is 0.462 e. The highest BCUT2D eigenvalue weighted by molar-refractivity contribution is 6.00. The Balaban J connectivity index is 1.72. The minimum absolute atomic E-state index is 0.277. The van der Waals surface area contributed by atoms with E-state index in [0.717, 1.165) is 37.8 Å². The van der Waals surface area contributed by atoms with Gasteiger partial charge in [0.2, 0.25) is 0 Å². The molecule has 2 heterocycles. The summed E-state index contributed by atoms with van der Waals surface area (Å²) in [7, 11) is 0. The third kappa shape index (κ3) is 4.83. The van der Waals surface area contributed by atoms with Gasteiger partial charge >= 0.3 is 5.97 Å². The van der Waals surface area contributed by atoms with Gasteiger partial charge in [0.25, 0.3) is 5.91 Å². The first-order valence-corrected chi connectivity index (χ1v) is 10.7. The summed E-state index contributed by atoms with van der Waals surface area (Å²) in [5.74, 6) is 1.26. The van der Waals surface area contributed by atoms with Crippen LogP contribution in [-0.4, -0.2) is 36.6 Å². The normalized spacial score (nSPS) is 18.9. The number of nitrogens with zero attached hydrogens (tertiary/aromatic N) is 2. The van der Waals surface area contributed by atoms with Gasteiger partial charge in [-0.15, -0.1) is 0 Å². The van der Waals surface area contributed by atoms with Crippen molar-refractivity contribution in [1.82, 2.24) is 4.98 Å². The fraction of sp³-hybridized carbons (Fsp3) is 0.682. The van der Waals surface area contributed by atoms with Crippen LogP contribution >= 0.6 is 0 Å². The van der Waals surface area contributed by atoms with E-state index in [1.54, 1.807) is 19.9 Å². The molecule has 2 aliphatic rings. The number of carbonyl (C=O) groups excluding carboxylic acids is 2. The summed E-state index contributed by atoms with van der Waals surface area (Å²) in [6.07, 6.45) is 10.5. The Morgan fingerprint density at radius 2 is 1.75 bits per heavy atom. The number of carbonyl (C=O) groups is 2. The molecule has 0 spiro atoms. The molecule has 1 saturated heterocycles. The van der Waals surface area contributed by atoms with Crippen molar-refractivity contribution in [3.05, 3.63) is 22.9 Å². The van der Waals surface area contributed by atoms with Crippen LogP contribution in [0.15, 0.2) is 6.07 Å². The Hall–Kier alpha value is -2.11. The average molecular weight is 388 g/mol. The van der Waals surface area contributed by atoms with E-state index in [2.05, 4.69) is 9.88 Å². The molecule has 1 aliphatic carbocycles. The highest BCUT2D eigenvalue weighted by Crippen LogP contribution is 2.34. The number of aryl methyl sites for hydroxylation is 1. The summed E-state index contributed by atoms with van der Waals surface area (Å²) in [6.45, 7) is 5.57. The maximum atomic E-state index is 12.5. The van der Waals surface area contributed by atoms with Crippen LogP contribution in [-0.2, 0) is 4.74 Å². The monoisotopic (exact) mass is 387 g/mol. The molecule has 154 valence electrons. The minimum atomic E-state index is -0.576. The lowest BCUT2D eigenvalue weighted by molar-refractivity contribution is 0.0526. The number of piperidine rings is 1. The van der Waals surface area contributed by atoms with E-state index in [4.69, 9.17) is 10.5 Å². The highest BCUT2D eigenvalue weighted by Gasteiger charge is 2.28. The number of amides is 1. The van der Waals surface area contributed by atoms with Crippen molar-refractivity contribution < 1.29 is 14.3 Å². The summed E-state index contributed by atoms with van der Waals surface area (Å²) >= 11 is 0. The van der Waals surface area contributed by atoms with Crippen molar-refractivity contribution in [2.24, 2.45) is 17.6 Å². The van der Waals surface area contributed by atoms with Crippen molar-refractivity contribution in [3.63, 3.8) is 0 Å². The van der Waals surface area contributed by atoms with Gasteiger partial charge in [0.05, 0.1) is 17.9 Å². The maximum absolute atomic E-state index is 12.5. The van der Waals surface area contributed by atoms with Gasteiger partial charge in [-0.05, 0) is 51.0 Å². The summed E-state index contributed by atoms with van der Waals surface area (Å²) in [5, 5.41) is 0. The van der Waals surface area contributed by atoms with Gasteiger partial charge in [-0.2, -0.15) is 0 Å². The molecule has 1 saturated carbocycles. The topological polar surface area (TPSA) is 85.5 Å². The summed E-state index contributed by atoms with van der Waals surface area (Å²) in [5.41, 5.74) is 6.62. The van der Waals surface area contributed by atoms with Crippen LogP contribution < -0.4 is 10.6 Å². The Morgan fingerprint density at radius 1 is 1.11 bits per heavy atom. The van der Waals surface area contributed by atoms with E-state index < -0.39 is 11.9 Å². The van der Waals surface area contributed by atoms with E-state index in [1.807, 2.05) is 0 Å². The predicted molar refractivity (Wildman–Crippen MR) is 110 cm³/mol. The number of pyridine rings is 1. The summed E-state index contributed by atoms with van der Waals surface area (Å²) < 4.78 is 5.20. The molecule has 3 rings (SSSR count). The molecule has 28 heavy (non-hydrogen) atoms. The molecular formula is C22H33N3O3. The SMILES string of the molecule is CCOC(=O)c1cc(C(N)=O)c(C)nc1N1CCC(CC2CCCCC2)CC1. The lowest BCUT2D eigenvalue weighted by atomic mass is 9.80. The third-order valence-corrected chi connectivity index (χ3v) is 6.26. The number of rotatable bonds is 6. The number of esters is 1. The zero-order valence-electron chi connectivity index (χ0n) is 17.2. The first-order valence-electron chi connectivity index (χ1n) is 10.7. The molecule has 1 aromatic heterocycles. The number of hydrogen-bond acceptors (Lipinski definition) is 5. The molecule has 0 radical (unpaired) electrons. The van der Waals surface area contributed by atoms with E-state index in [9.17, 15) is 9.59 Å². The Bertz CT molecular complexity index is 705. The molecule has 6 nitrogen and oxygen atoms in total. The van der Waals surface area contributed by atoms with Crippen LogP contribution in [0, 0.1) is 18.8 Å². The second-order valence-electron chi connectivity index (χ2n) is 8.25. The zero-order chi connectivity index (χ0) is 20.1. The van der Waals surface area contributed by atoms with E-state index >= 15 is 0 Å². The van der Waals surface area contributed by atoms with Crippen molar-refractivity contribution >= 4 is 17.7 Å². The second-order valence-corrected chi connectivity index (χ2v) is 8.25. The van der Waals surface area contributed by atoms with Crippen LogP contribution in [0.2, 0.25) is 0 Å². The van der Waals surface area contributed by atoms with Crippen LogP contribution in [0.25, 0.3) is 0 Å². The average Bonchev–Trinajstić information content (AvgIpc) is 2.69. The lowest BCUT2D eigenvalue weighted by Crippen LogP contribution is -2.36. The number of aromatic nitrogens is 1. The predicted octanol–water partition coefficient (Wildman–Crippen LogP) is 3.85. The molecule has 0 aromatic carbocycles. The van der Waals surface area contributed by atoms with Crippen LogP contribution in [0.5, 0.6) is 0 Å². The van der Waals surface area contributed by atoms with Gasteiger partial charge in [0.1, 0.15) is 11.4 Å². The number of primary amides is 1. The van der Waals surface area contributed by atoms with E-state index in [1.165, 1.54) is 38.5 Å². The smallest absolute Gasteiger partial charge is 0.341 e. The molecule has 1 amide bonds. The molecule has 1 aliphatic heterocycles. The van der Waals surface area contributed by atoms with Gasteiger partial charge in [-0.25, -0.2) is 9.78 Å². The molecule has 1 aromatic rings. The maximum Gasteiger partial charge on any atom is 0.341 e. The van der Waals surface area contributed by atoms with Gasteiger partial charge in [-0.3, -0.25) is 4.79 Å². The van der Waals surface area contributed by atoms with Crippen LogP contribution in [0.4, 0.5) is 5.82 Å². The molecule has 6 heteroatoms. The Kier molecular flexibility index (Phi) is 6.92. The molecule has 2 N–H and O–H groups in total. The first kappa shape index (κ1) is 20.6. The standard InChI is InChI=1S/C22H33N3O3/c1-3-28-22(27)19-14-18(20(23)26)15(2)24-21(19)25-11-9-17(10-12-25)13-16-7-5-4-6-8-16/h14,16-17H,3-13H2,1-2H3,(H2,23,26). The van der Waals surface area contributed by atoms with E-state index in [0.29, 0.717) is 17.1 Å². The van der Waals surface area contributed by atoms with Gasteiger partial charge in [-0.1, -0.05) is 32.1 Å². The highest BCUT2D eigenvalue weighted by atomic mass is 16.5. The van der Waals surface area contributed by atoms with Gasteiger partial charge in [0, 0.05) is 13.1 Å². The van der Waals surface area contributed by atoms with Crippen molar-refractivity contribution in [1.29, 1.82) is 0 Å².